The Morgan fingerprint density at radius 3 is 2.79 bits per heavy atom. The van der Waals surface area contributed by atoms with E-state index in [9.17, 15) is 4.79 Å². The number of carbonyl (C=O) groups is 1. The molecule has 0 radical (unpaired) electrons. The van der Waals surface area contributed by atoms with Crippen molar-refractivity contribution in [2.45, 2.75) is 38.5 Å². The molecule has 3 heteroatoms. The fourth-order valence-electron chi connectivity index (χ4n) is 2.92. The molecule has 0 bridgehead atoms. The van der Waals surface area contributed by atoms with Crippen molar-refractivity contribution in [3.05, 3.63) is 34.5 Å². The van der Waals surface area contributed by atoms with Crippen LogP contribution in [0.15, 0.2) is 33.2 Å². The van der Waals surface area contributed by atoms with Gasteiger partial charge in [-0.15, -0.1) is 0 Å². The van der Waals surface area contributed by atoms with Crippen LogP contribution in [-0.4, -0.2) is 5.78 Å². The Hall–Kier alpha value is -1.09. The molecule has 3 rings (SSSR count). The standard InChI is InChI=1S/C16H17BrO2/c17-13-8-4-7-12-10-15(19-16(12)13)14(18)9-11-5-2-1-3-6-11/h4,7-8,10-11H,1-3,5-6,9H2. The monoisotopic (exact) mass is 320 g/mol. The van der Waals surface area contributed by atoms with E-state index < -0.39 is 0 Å². The minimum atomic E-state index is 0.148. The van der Waals surface area contributed by atoms with Crippen molar-refractivity contribution < 1.29 is 9.21 Å². The molecule has 0 unspecified atom stereocenters. The van der Waals surface area contributed by atoms with Gasteiger partial charge in [0, 0.05) is 11.8 Å². The first-order valence-corrected chi connectivity index (χ1v) is 7.74. The molecule has 0 N–H and O–H groups in total. The van der Waals surface area contributed by atoms with Crippen molar-refractivity contribution in [1.29, 1.82) is 0 Å². The van der Waals surface area contributed by atoms with E-state index in [0.717, 1.165) is 15.4 Å². The van der Waals surface area contributed by atoms with E-state index in [0.29, 0.717) is 18.1 Å². The van der Waals surface area contributed by atoms with Gasteiger partial charge in [0.2, 0.25) is 0 Å². The molecule has 1 heterocycles. The molecule has 2 nitrogen and oxygen atoms in total. The highest BCUT2D eigenvalue weighted by molar-refractivity contribution is 9.10. The van der Waals surface area contributed by atoms with Gasteiger partial charge in [0.15, 0.2) is 11.5 Å². The maximum absolute atomic E-state index is 12.3. The number of para-hydroxylation sites is 1. The van der Waals surface area contributed by atoms with Crippen molar-refractivity contribution in [3.8, 4) is 0 Å². The number of furan rings is 1. The van der Waals surface area contributed by atoms with Gasteiger partial charge < -0.3 is 4.42 Å². The largest absolute Gasteiger partial charge is 0.452 e. The van der Waals surface area contributed by atoms with E-state index in [2.05, 4.69) is 15.9 Å². The number of rotatable bonds is 3. The fourth-order valence-corrected chi connectivity index (χ4v) is 3.38. The van der Waals surface area contributed by atoms with E-state index in [1.165, 1.54) is 32.1 Å². The van der Waals surface area contributed by atoms with Gasteiger partial charge in [0.1, 0.15) is 5.58 Å². The first kappa shape index (κ1) is 12.9. The molecular formula is C16H17BrO2. The van der Waals surface area contributed by atoms with E-state index in [4.69, 9.17) is 4.42 Å². The van der Waals surface area contributed by atoms with E-state index in [1.807, 2.05) is 24.3 Å². The third-order valence-corrected chi connectivity index (χ3v) is 4.59. The molecule has 1 aromatic heterocycles. The summed E-state index contributed by atoms with van der Waals surface area (Å²) < 4.78 is 6.61. The van der Waals surface area contributed by atoms with E-state index in [1.54, 1.807) is 0 Å². The summed E-state index contributed by atoms with van der Waals surface area (Å²) in [5, 5.41) is 0.987. The Labute approximate surface area is 121 Å². The molecule has 1 fully saturated rings. The Balaban J connectivity index is 1.79. The zero-order valence-electron chi connectivity index (χ0n) is 10.8. The van der Waals surface area contributed by atoms with Crippen LogP contribution in [0, 0.1) is 5.92 Å². The summed E-state index contributed by atoms with van der Waals surface area (Å²) in [4.78, 5) is 12.3. The summed E-state index contributed by atoms with van der Waals surface area (Å²) in [5.74, 6) is 1.21. The number of hydrogen-bond acceptors (Lipinski definition) is 2. The number of hydrogen-bond donors (Lipinski definition) is 0. The topological polar surface area (TPSA) is 30.2 Å². The minimum Gasteiger partial charge on any atom is -0.452 e. The maximum atomic E-state index is 12.3. The van der Waals surface area contributed by atoms with Crippen LogP contribution in [-0.2, 0) is 0 Å². The Morgan fingerprint density at radius 2 is 2.05 bits per heavy atom. The van der Waals surface area contributed by atoms with Crippen LogP contribution in [0.2, 0.25) is 0 Å². The number of halogens is 1. The second-order valence-corrected chi connectivity index (χ2v) is 6.25. The molecule has 100 valence electrons. The number of benzene rings is 1. The van der Waals surface area contributed by atoms with Gasteiger partial charge in [-0.1, -0.05) is 44.2 Å². The van der Waals surface area contributed by atoms with Crippen LogP contribution in [0.1, 0.15) is 49.1 Å². The maximum Gasteiger partial charge on any atom is 0.198 e. The van der Waals surface area contributed by atoms with Gasteiger partial charge >= 0.3 is 0 Å². The highest BCUT2D eigenvalue weighted by Gasteiger charge is 2.20. The molecule has 0 atom stereocenters. The number of Topliss-reactive ketones (excluding diaryl/α,β-unsaturated/α-hetero) is 1. The Bertz CT molecular complexity index is 594. The van der Waals surface area contributed by atoms with Crippen molar-refractivity contribution in [2.75, 3.05) is 0 Å². The molecule has 1 aliphatic rings. The molecule has 1 saturated carbocycles. The summed E-state index contributed by atoms with van der Waals surface area (Å²) in [5.41, 5.74) is 0.773. The number of carbonyl (C=O) groups excluding carboxylic acids is 1. The van der Waals surface area contributed by atoms with Crippen LogP contribution in [0.5, 0.6) is 0 Å². The zero-order chi connectivity index (χ0) is 13.2. The van der Waals surface area contributed by atoms with Crippen molar-refractivity contribution in [2.24, 2.45) is 5.92 Å². The summed E-state index contributed by atoms with van der Waals surface area (Å²) >= 11 is 3.45. The third-order valence-electron chi connectivity index (χ3n) is 3.97. The van der Waals surface area contributed by atoms with Crippen LogP contribution >= 0.6 is 15.9 Å². The van der Waals surface area contributed by atoms with Crippen LogP contribution in [0.3, 0.4) is 0 Å². The van der Waals surface area contributed by atoms with Gasteiger partial charge in [0.05, 0.1) is 4.47 Å². The van der Waals surface area contributed by atoms with Gasteiger partial charge in [-0.05, 0) is 34.0 Å². The SMILES string of the molecule is O=C(CC1CCCCC1)c1cc2cccc(Br)c2o1. The average molecular weight is 321 g/mol. The van der Waals surface area contributed by atoms with Gasteiger partial charge in [-0.25, -0.2) is 0 Å². The van der Waals surface area contributed by atoms with Gasteiger partial charge in [-0.3, -0.25) is 4.79 Å². The molecule has 0 amide bonds. The second kappa shape index (κ2) is 5.49. The highest BCUT2D eigenvalue weighted by Crippen LogP contribution is 2.30. The summed E-state index contributed by atoms with van der Waals surface area (Å²) in [6.07, 6.45) is 6.87. The lowest BCUT2D eigenvalue weighted by Crippen LogP contribution is -2.11. The molecule has 19 heavy (non-hydrogen) atoms. The first-order valence-electron chi connectivity index (χ1n) is 6.95. The van der Waals surface area contributed by atoms with Crippen LogP contribution in [0.25, 0.3) is 11.0 Å². The summed E-state index contributed by atoms with van der Waals surface area (Å²) in [6.45, 7) is 0. The Kier molecular flexibility index (Phi) is 3.74. The smallest absolute Gasteiger partial charge is 0.198 e. The lowest BCUT2D eigenvalue weighted by molar-refractivity contribution is 0.0925. The van der Waals surface area contributed by atoms with E-state index in [-0.39, 0.29) is 5.78 Å². The van der Waals surface area contributed by atoms with E-state index >= 15 is 0 Å². The lowest BCUT2D eigenvalue weighted by atomic mass is 9.85. The predicted octanol–water partition coefficient (Wildman–Crippen LogP) is 5.35. The Morgan fingerprint density at radius 1 is 1.26 bits per heavy atom. The summed E-state index contributed by atoms with van der Waals surface area (Å²) in [6, 6.07) is 7.73. The normalized spacial score (nSPS) is 16.9. The fraction of sp³-hybridized carbons (Fsp3) is 0.438. The van der Waals surface area contributed by atoms with Crippen LogP contribution < -0.4 is 0 Å². The zero-order valence-corrected chi connectivity index (χ0v) is 12.4. The van der Waals surface area contributed by atoms with Crippen molar-refractivity contribution in [3.63, 3.8) is 0 Å². The number of fused-ring (bicyclic) bond motifs is 1. The second-order valence-electron chi connectivity index (χ2n) is 5.40. The molecule has 0 spiro atoms. The third kappa shape index (κ3) is 2.76. The lowest BCUT2D eigenvalue weighted by Gasteiger charge is -2.20. The highest BCUT2D eigenvalue weighted by atomic mass is 79.9. The predicted molar refractivity (Wildman–Crippen MR) is 79.4 cm³/mol. The molecule has 1 aliphatic carbocycles. The number of ketones is 1. The summed E-state index contributed by atoms with van der Waals surface area (Å²) in [7, 11) is 0. The quantitative estimate of drug-likeness (QED) is 0.714. The minimum absolute atomic E-state index is 0.148. The van der Waals surface area contributed by atoms with Gasteiger partial charge in [0.25, 0.3) is 0 Å². The van der Waals surface area contributed by atoms with Gasteiger partial charge in [-0.2, -0.15) is 0 Å². The van der Waals surface area contributed by atoms with Crippen molar-refractivity contribution >= 4 is 32.7 Å². The average Bonchev–Trinajstić information content (AvgIpc) is 2.85. The first-order chi connectivity index (χ1) is 9.24. The van der Waals surface area contributed by atoms with Crippen molar-refractivity contribution in [1.82, 2.24) is 0 Å². The molecular weight excluding hydrogens is 304 g/mol. The molecule has 0 aliphatic heterocycles. The molecule has 1 aromatic carbocycles. The van der Waals surface area contributed by atoms with Crippen LogP contribution in [0.4, 0.5) is 0 Å². The molecule has 2 aromatic rings. The molecule has 0 saturated heterocycles.